The Morgan fingerprint density at radius 2 is 2.00 bits per heavy atom. The van der Waals surface area contributed by atoms with E-state index in [1.165, 1.54) is 6.92 Å². The van der Waals surface area contributed by atoms with Crippen molar-refractivity contribution in [2.75, 3.05) is 5.75 Å². The molecular formula is C7H8F3NO2S. The summed E-state index contributed by atoms with van der Waals surface area (Å²) >= 11 is 0. The first-order valence-corrected chi connectivity index (χ1v) is 5.41. The lowest BCUT2D eigenvalue weighted by Crippen LogP contribution is -2.05. The van der Waals surface area contributed by atoms with Gasteiger partial charge >= 0.3 is 6.18 Å². The molecule has 0 atom stereocenters. The van der Waals surface area contributed by atoms with Crippen LogP contribution in [0.2, 0.25) is 0 Å². The summed E-state index contributed by atoms with van der Waals surface area (Å²) in [6, 6.07) is 0.596. The smallest absolute Gasteiger partial charge is 0.356 e. The van der Waals surface area contributed by atoms with Crippen molar-refractivity contribution in [2.45, 2.75) is 18.0 Å². The standard InChI is InChI=1S/C7H8F3NO2S/c1-2-14(12,13)5-3-6(11-4-5)7(8,9)10/h3-4,11H,2H2,1H3. The second kappa shape index (κ2) is 3.30. The van der Waals surface area contributed by atoms with Crippen LogP contribution in [0.5, 0.6) is 0 Å². The van der Waals surface area contributed by atoms with Gasteiger partial charge in [0.1, 0.15) is 5.69 Å². The summed E-state index contributed by atoms with van der Waals surface area (Å²) in [4.78, 5) is 1.56. The van der Waals surface area contributed by atoms with Crippen LogP contribution >= 0.6 is 0 Å². The van der Waals surface area contributed by atoms with E-state index in [0.29, 0.717) is 6.07 Å². The maximum absolute atomic E-state index is 12.1. The molecule has 0 saturated heterocycles. The number of aromatic nitrogens is 1. The summed E-state index contributed by atoms with van der Waals surface area (Å²) in [6.45, 7) is 1.37. The van der Waals surface area contributed by atoms with E-state index in [-0.39, 0.29) is 10.6 Å². The molecule has 1 aromatic rings. The lowest BCUT2D eigenvalue weighted by atomic mass is 10.4. The predicted molar refractivity (Wildman–Crippen MR) is 43.5 cm³/mol. The first kappa shape index (κ1) is 11.1. The summed E-state index contributed by atoms with van der Waals surface area (Å²) < 4.78 is 58.5. The van der Waals surface area contributed by atoms with Crippen LogP contribution in [0.3, 0.4) is 0 Å². The number of alkyl halides is 3. The van der Waals surface area contributed by atoms with Gasteiger partial charge in [-0.05, 0) is 6.07 Å². The maximum Gasteiger partial charge on any atom is 0.431 e. The number of sulfone groups is 1. The molecule has 0 aliphatic rings. The third kappa shape index (κ3) is 2.09. The summed E-state index contributed by atoms with van der Waals surface area (Å²) in [5.41, 5.74) is -1.05. The number of hydrogen-bond acceptors (Lipinski definition) is 2. The lowest BCUT2D eigenvalue weighted by Gasteiger charge is -2.01. The molecule has 1 heterocycles. The zero-order valence-electron chi connectivity index (χ0n) is 7.22. The normalized spacial score (nSPS) is 13.1. The summed E-state index contributed by atoms with van der Waals surface area (Å²) in [5.74, 6) is -0.220. The van der Waals surface area contributed by atoms with Crippen molar-refractivity contribution in [1.82, 2.24) is 4.98 Å². The molecule has 14 heavy (non-hydrogen) atoms. The Morgan fingerprint density at radius 3 is 2.36 bits per heavy atom. The molecule has 0 unspecified atom stereocenters. The fraction of sp³-hybridized carbons (Fsp3) is 0.429. The number of aromatic amines is 1. The first-order chi connectivity index (χ1) is 6.27. The summed E-state index contributed by atoms with van der Waals surface area (Å²) in [6.07, 6.45) is -3.69. The second-order valence-electron chi connectivity index (χ2n) is 2.65. The number of halogens is 3. The molecule has 1 rings (SSSR count). The van der Waals surface area contributed by atoms with Crippen LogP contribution in [-0.2, 0) is 16.0 Å². The monoisotopic (exact) mass is 227 g/mol. The minimum absolute atomic E-state index is 0.220. The summed E-state index contributed by atoms with van der Waals surface area (Å²) in [7, 11) is -3.57. The fourth-order valence-electron chi connectivity index (χ4n) is 0.884. The average molecular weight is 227 g/mol. The van der Waals surface area contributed by atoms with Gasteiger partial charge in [0.15, 0.2) is 9.84 Å². The highest BCUT2D eigenvalue weighted by Crippen LogP contribution is 2.29. The van der Waals surface area contributed by atoms with Gasteiger partial charge in [-0.3, -0.25) is 0 Å². The van der Waals surface area contributed by atoms with Crippen LogP contribution in [0.25, 0.3) is 0 Å². The van der Waals surface area contributed by atoms with Crippen LogP contribution in [0.15, 0.2) is 17.2 Å². The molecule has 0 amide bonds. The third-order valence-corrected chi connectivity index (χ3v) is 3.42. The highest BCUT2D eigenvalue weighted by molar-refractivity contribution is 7.91. The molecule has 3 nitrogen and oxygen atoms in total. The summed E-state index contributed by atoms with van der Waals surface area (Å²) in [5, 5.41) is 0. The van der Waals surface area contributed by atoms with Crippen molar-refractivity contribution < 1.29 is 21.6 Å². The highest BCUT2D eigenvalue weighted by Gasteiger charge is 2.33. The van der Waals surface area contributed by atoms with E-state index >= 15 is 0 Å². The molecular weight excluding hydrogens is 219 g/mol. The van der Waals surface area contributed by atoms with E-state index in [4.69, 9.17) is 0 Å². The van der Waals surface area contributed by atoms with Crippen LogP contribution in [0.4, 0.5) is 13.2 Å². The third-order valence-electron chi connectivity index (χ3n) is 1.70. The quantitative estimate of drug-likeness (QED) is 0.837. The Balaban J connectivity index is 3.13. The molecule has 1 aromatic heterocycles. The van der Waals surface area contributed by atoms with E-state index in [0.717, 1.165) is 6.20 Å². The van der Waals surface area contributed by atoms with Crippen molar-refractivity contribution in [1.29, 1.82) is 0 Å². The van der Waals surface area contributed by atoms with Crippen molar-refractivity contribution in [3.05, 3.63) is 18.0 Å². The second-order valence-corrected chi connectivity index (χ2v) is 4.93. The fourth-order valence-corrected chi connectivity index (χ4v) is 1.75. The van der Waals surface area contributed by atoms with Crippen LogP contribution in [0, 0.1) is 0 Å². The molecule has 0 saturated carbocycles. The maximum atomic E-state index is 12.1. The lowest BCUT2D eigenvalue weighted by molar-refractivity contribution is -0.140. The molecule has 0 aliphatic heterocycles. The van der Waals surface area contributed by atoms with E-state index in [1.54, 1.807) is 0 Å². The van der Waals surface area contributed by atoms with Gasteiger partial charge in [0.2, 0.25) is 0 Å². The van der Waals surface area contributed by atoms with E-state index in [2.05, 4.69) is 0 Å². The van der Waals surface area contributed by atoms with Gasteiger partial charge in [0.05, 0.1) is 10.6 Å². The van der Waals surface area contributed by atoms with Crippen molar-refractivity contribution in [2.24, 2.45) is 0 Å². The Labute approximate surface area is 78.9 Å². The van der Waals surface area contributed by atoms with E-state index < -0.39 is 21.7 Å². The number of nitrogens with one attached hydrogen (secondary N) is 1. The predicted octanol–water partition coefficient (Wildman–Crippen LogP) is 1.83. The van der Waals surface area contributed by atoms with Gasteiger partial charge in [-0.15, -0.1) is 0 Å². The van der Waals surface area contributed by atoms with Gasteiger partial charge in [0.25, 0.3) is 0 Å². The average Bonchev–Trinajstić information content (AvgIpc) is 2.51. The van der Waals surface area contributed by atoms with E-state index in [9.17, 15) is 21.6 Å². The first-order valence-electron chi connectivity index (χ1n) is 3.75. The Hall–Kier alpha value is -0.980. The van der Waals surface area contributed by atoms with Crippen molar-refractivity contribution in [3.63, 3.8) is 0 Å². The van der Waals surface area contributed by atoms with Crippen molar-refractivity contribution >= 4 is 9.84 Å². The Morgan fingerprint density at radius 1 is 1.43 bits per heavy atom. The molecule has 0 aliphatic carbocycles. The largest absolute Gasteiger partial charge is 0.431 e. The van der Waals surface area contributed by atoms with Gasteiger partial charge in [-0.25, -0.2) is 8.42 Å². The minimum Gasteiger partial charge on any atom is -0.356 e. The number of rotatable bonds is 2. The molecule has 0 fully saturated rings. The number of hydrogen-bond donors (Lipinski definition) is 1. The molecule has 80 valence electrons. The number of H-pyrrole nitrogens is 1. The van der Waals surface area contributed by atoms with Gasteiger partial charge < -0.3 is 4.98 Å². The minimum atomic E-state index is -4.54. The zero-order valence-corrected chi connectivity index (χ0v) is 8.04. The zero-order chi connectivity index (χ0) is 11.0. The highest BCUT2D eigenvalue weighted by atomic mass is 32.2. The molecule has 7 heteroatoms. The van der Waals surface area contributed by atoms with Gasteiger partial charge in [-0.1, -0.05) is 6.92 Å². The topological polar surface area (TPSA) is 49.9 Å². The molecule has 0 spiro atoms. The Kier molecular flexibility index (Phi) is 2.62. The van der Waals surface area contributed by atoms with Crippen LogP contribution < -0.4 is 0 Å². The molecule has 0 aromatic carbocycles. The van der Waals surface area contributed by atoms with Crippen LogP contribution in [0.1, 0.15) is 12.6 Å². The molecule has 0 bridgehead atoms. The van der Waals surface area contributed by atoms with Gasteiger partial charge in [-0.2, -0.15) is 13.2 Å². The van der Waals surface area contributed by atoms with Gasteiger partial charge in [0, 0.05) is 6.20 Å². The molecule has 0 radical (unpaired) electrons. The van der Waals surface area contributed by atoms with E-state index in [1.807, 2.05) is 4.98 Å². The Bertz CT molecular complexity index is 418. The van der Waals surface area contributed by atoms with Crippen molar-refractivity contribution in [3.8, 4) is 0 Å². The van der Waals surface area contributed by atoms with Crippen LogP contribution in [-0.4, -0.2) is 19.2 Å². The SMILES string of the molecule is CCS(=O)(=O)c1c[nH]c(C(F)(F)F)c1. The molecule has 1 N–H and O–H groups in total.